The van der Waals surface area contributed by atoms with E-state index in [0.717, 1.165) is 0 Å². The highest BCUT2D eigenvalue weighted by molar-refractivity contribution is 7.86. The summed E-state index contributed by atoms with van der Waals surface area (Å²) in [6, 6.07) is 0. The highest BCUT2D eigenvalue weighted by Crippen LogP contribution is 1.83. The first kappa shape index (κ1) is 9.29. The minimum Gasteiger partial charge on any atom is -0.481 e. The summed E-state index contributed by atoms with van der Waals surface area (Å²) >= 11 is 0. The van der Waals surface area contributed by atoms with Crippen LogP contribution in [0.4, 0.5) is 0 Å². The first-order valence-corrected chi connectivity index (χ1v) is 4.07. The molecule has 0 aromatic rings. The van der Waals surface area contributed by atoms with Crippen LogP contribution in [0.2, 0.25) is 0 Å². The third kappa shape index (κ3) is 5.43. The predicted molar refractivity (Wildman–Crippen MR) is 36.2 cm³/mol. The van der Waals surface area contributed by atoms with E-state index in [1.807, 2.05) is 0 Å². The topological polar surface area (TPSA) is 71.4 Å². The number of carboxylic acid groups (broad SMARTS) is 1. The molecule has 0 saturated carbocycles. The second-order valence-electron chi connectivity index (χ2n) is 1.82. The average molecular weight is 164 g/mol. The number of carbonyl (C=O) groups excluding carboxylic acids is 1. The van der Waals surface area contributed by atoms with Crippen LogP contribution in [0, 0.1) is 0 Å². The molecule has 0 heterocycles. The van der Waals surface area contributed by atoms with Gasteiger partial charge in [-0.3, -0.25) is 13.8 Å². The van der Waals surface area contributed by atoms with E-state index in [0.29, 0.717) is 0 Å². The van der Waals surface area contributed by atoms with Crippen molar-refractivity contribution in [3.05, 3.63) is 0 Å². The van der Waals surface area contributed by atoms with Gasteiger partial charge in [0.15, 0.2) is 0 Å². The van der Waals surface area contributed by atoms with E-state index < -0.39 is 22.5 Å². The van der Waals surface area contributed by atoms with Crippen LogP contribution in [0.3, 0.4) is 0 Å². The van der Waals surface area contributed by atoms with Crippen molar-refractivity contribution >= 4 is 22.6 Å². The molecule has 0 rings (SSSR count). The third-order valence-corrected chi connectivity index (χ3v) is 1.95. The molecule has 1 N–H and O–H groups in total. The molecular weight excluding hydrogens is 156 g/mol. The zero-order valence-electron chi connectivity index (χ0n) is 5.49. The van der Waals surface area contributed by atoms with Crippen LogP contribution in [0.25, 0.3) is 0 Å². The second kappa shape index (κ2) is 4.16. The largest absolute Gasteiger partial charge is 0.481 e. The fourth-order valence-corrected chi connectivity index (χ4v) is 1.25. The number of hydrogen-bond donors (Lipinski definition) is 1. The van der Waals surface area contributed by atoms with Gasteiger partial charge in [0.1, 0.15) is 11.5 Å². The van der Waals surface area contributed by atoms with Crippen molar-refractivity contribution in [2.24, 2.45) is 0 Å². The van der Waals surface area contributed by atoms with Crippen LogP contribution in [0.15, 0.2) is 0 Å². The SMILES string of the molecule is CC(=O)CS(=O)CC(=O)O. The van der Waals surface area contributed by atoms with Gasteiger partial charge in [0.25, 0.3) is 0 Å². The van der Waals surface area contributed by atoms with E-state index in [9.17, 15) is 13.8 Å². The molecule has 0 aliphatic rings. The van der Waals surface area contributed by atoms with Gasteiger partial charge in [0.2, 0.25) is 0 Å². The Hall–Kier alpha value is -0.710. The monoisotopic (exact) mass is 164 g/mol. The molecule has 58 valence electrons. The lowest BCUT2D eigenvalue weighted by Crippen LogP contribution is -2.15. The molecule has 1 atom stereocenters. The molecule has 0 saturated heterocycles. The fourth-order valence-electron chi connectivity index (χ4n) is 0.415. The summed E-state index contributed by atoms with van der Waals surface area (Å²) in [5.74, 6) is -1.99. The number of carbonyl (C=O) groups is 2. The van der Waals surface area contributed by atoms with Crippen LogP contribution in [-0.4, -0.2) is 32.6 Å². The molecule has 0 spiro atoms. The van der Waals surface area contributed by atoms with Crippen molar-refractivity contribution in [2.75, 3.05) is 11.5 Å². The Morgan fingerprint density at radius 3 is 2.20 bits per heavy atom. The van der Waals surface area contributed by atoms with Gasteiger partial charge in [-0.2, -0.15) is 0 Å². The molecule has 0 aromatic heterocycles. The molecule has 0 aliphatic carbocycles. The number of ketones is 1. The molecule has 0 amide bonds. The number of aliphatic carboxylic acids is 1. The number of hydrogen-bond acceptors (Lipinski definition) is 3. The lowest BCUT2D eigenvalue weighted by molar-refractivity contribution is -0.133. The zero-order chi connectivity index (χ0) is 8.15. The first-order chi connectivity index (χ1) is 4.52. The zero-order valence-corrected chi connectivity index (χ0v) is 6.31. The van der Waals surface area contributed by atoms with Crippen LogP contribution >= 0.6 is 0 Å². The van der Waals surface area contributed by atoms with Gasteiger partial charge in [-0.05, 0) is 6.92 Å². The molecule has 0 bridgehead atoms. The van der Waals surface area contributed by atoms with E-state index in [4.69, 9.17) is 5.11 Å². The Balaban J connectivity index is 3.65. The highest BCUT2D eigenvalue weighted by atomic mass is 32.2. The van der Waals surface area contributed by atoms with Crippen molar-refractivity contribution in [1.29, 1.82) is 0 Å². The molecule has 0 radical (unpaired) electrons. The summed E-state index contributed by atoms with van der Waals surface area (Å²) in [5.41, 5.74) is 0. The van der Waals surface area contributed by atoms with E-state index in [1.54, 1.807) is 0 Å². The van der Waals surface area contributed by atoms with Gasteiger partial charge in [-0.15, -0.1) is 0 Å². The smallest absolute Gasteiger partial charge is 0.316 e. The maximum Gasteiger partial charge on any atom is 0.316 e. The quantitative estimate of drug-likeness (QED) is 0.602. The number of carboxylic acids is 1. The molecule has 5 heteroatoms. The molecular formula is C5H8O4S. The average Bonchev–Trinajstić information content (AvgIpc) is 1.58. The summed E-state index contributed by atoms with van der Waals surface area (Å²) in [7, 11) is -1.53. The molecule has 1 unspecified atom stereocenters. The fraction of sp³-hybridized carbons (Fsp3) is 0.600. The van der Waals surface area contributed by atoms with Gasteiger partial charge < -0.3 is 5.11 Å². The van der Waals surface area contributed by atoms with Crippen molar-refractivity contribution in [2.45, 2.75) is 6.92 Å². The Bertz CT molecular complexity index is 156. The minimum atomic E-state index is -1.53. The van der Waals surface area contributed by atoms with Crippen LogP contribution < -0.4 is 0 Å². The molecule has 0 aliphatic heterocycles. The molecule has 0 fully saturated rings. The van der Waals surface area contributed by atoms with Crippen molar-refractivity contribution < 1.29 is 18.9 Å². The molecule has 4 nitrogen and oxygen atoms in total. The van der Waals surface area contributed by atoms with Crippen molar-refractivity contribution in [3.63, 3.8) is 0 Å². The van der Waals surface area contributed by atoms with E-state index in [2.05, 4.69) is 0 Å². The minimum absolute atomic E-state index is 0.160. The molecule has 10 heavy (non-hydrogen) atoms. The van der Waals surface area contributed by atoms with Gasteiger partial charge in [0.05, 0.1) is 5.75 Å². The summed E-state index contributed by atoms with van der Waals surface area (Å²) in [4.78, 5) is 20.1. The first-order valence-electron chi connectivity index (χ1n) is 2.58. The maximum atomic E-state index is 10.6. The van der Waals surface area contributed by atoms with Gasteiger partial charge in [-0.25, -0.2) is 0 Å². The Labute approximate surface area is 60.7 Å². The number of Topliss-reactive ketones (excluding diaryl/α,β-unsaturated/α-hetero) is 1. The maximum absolute atomic E-state index is 10.6. The van der Waals surface area contributed by atoms with Crippen molar-refractivity contribution in [3.8, 4) is 0 Å². The van der Waals surface area contributed by atoms with Gasteiger partial charge in [-0.1, -0.05) is 0 Å². The van der Waals surface area contributed by atoms with Gasteiger partial charge >= 0.3 is 5.97 Å². The normalized spacial score (nSPS) is 12.5. The second-order valence-corrected chi connectivity index (χ2v) is 3.28. The molecule has 0 aromatic carbocycles. The van der Waals surface area contributed by atoms with Crippen molar-refractivity contribution in [1.82, 2.24) is 0 Å². The summed E-state index contributed by atoms with van der Waals surface area (Å²) in [6.07, 6.45) is 0. The third-order valence-electron chi connectivity index (χ3n) is 0.649. The summed E-state index contributed by atoms with van der Waals surface area (Å²) < 4.78 is 10.6. The van der Waals surface area contributed by atoms with Gasteiger partial charge in [0, 0.05) is 10.8 Å². The predicted octanol–water partition coefficient (Wildman–Crippen LogP) is -0.591. The number of rotatable bonds is 4. The Morgan fingerprint density at radius 1 is 1.40 bits per heavy atom. The lowest BCUT2D eigenvalue weighted by Gasteiger charge is -1.92. The van der Waals surface area contributed by atoms with E-state index >= 15 is 0 Å². The Kier molecular flexibility index (Phi) is 3.87. The van der Waals surface area contributed by atoms with Crippen LogP contribution in [0.1, 0.15) is 6.92 Å². The van der Waals surface area contributed by atoms with Crippen LogP contribution in [0.5, 0.6) is 0 Å². The highest BCUT2D eigenvalue weighted by Gasteiger charge is 2.07. The Morgan fingerprint density at radius 2 is 1.90 bits per heavy atom. The summed E-state index contributed by atoms with van der Waals surface area (Å²) in [5, 5.41) is 8.09. The standard InChI is InChI=1S/C5H8O4S/c1-4(6)2-10(9)3-5(7)8/h2-3H2,1H3,(H,7,8). The van der Waals surface area contributed by atoms with Crippen LogP contribution in [-0.2, 0) is 20.4 Å². The lowest BCUT2D eigenvalue weighted by atomic mass is 10.5. The summed E-state index contributed by atoms with van der Waals surface area (Å²) in [6.45, 7) is 1.28. The van der Waals surface area contributed by atoms with E-state index in [1.165, 1.54) is 6.92 Å². The van der Waals surface area contributed by atoms with E-state index in [-0.39, 0.29) is 11.5 Å².